The second-order valence-electron chi connectivity index (χ2n) is 8.84. The van der Waals surface area contributed by atoms with Crippen LogP contribution in [0.4, 0.5) is 18.9 Å². The first-order chi connectivity index (χ1) is 15.6. The van der Waals surface area contributed by atoms with Gasteiger partial charge in [-0.25, -0.2) is 12.7 Å². The van der Waals surface area contributed by atoms with Crippen LogP contribution in [0.1, 0.15) is 57.1 Å². The van der Waals surface area contributed by atoms with Crippen LogP contribution in [0.2, 0.25) is 0 Å². The van der Waals surface area contributed by atoms with E-state index in [0.717, 1.165) is 36.3 Å². The topological polar surface area (TPSA) is 84.7 Å². The fourth-order valence-electron chi connectivity index (χ4n) is 3.71. The van der Waals surface area contributed by atoms with E-state index in [1.807, 2.05) is 0 Å². The lowest BCUT2D eigenvalue weighted by Crippen LogP contribution is -2.44. The molecule has 1 saturated heterocycles. The lowest BCUT2D eigenvalue weighted by Gasteiger charge is -2.29. The fraction of sp³-hybridized carbons (Fsp3) is 0.591. The third-order valence-corrected chi connectivity index (χ3v) is 8.17. The zero-order valence-corrected chi connectivity index (χ0v) is 21.3. The lowest BCUT2D eigenvalue weighted by molar-refractivity contribution is -0.137. The van der Waals surface area contributed by atoms with Crippen LogP contribution in [0.5, 0.6) is 0 Å². The highest BCUT2D eigenvalue weighted by Gasteiger charge is 2.49. The van der Waals surface area contributed by atoms with E-state index < -0.39 is 38.8 Å². The second-order valence-corrected chi connectivity index (χ2v) is 11.5. The number of carbonyl (C=O) groups excluding carboxylic acids is 1. The molecule has 1 aliphatic heterocycles. The van der Waals surface area contributed by atoms with Crippen molar-refractivity contribution in [1.82, 2.24) is 9.21 Å². The van der Waals surface area contributed by atoms with Crippen molar-refractivity contribution in [3.8, 4) is 6.07 Å². The zero-order chi connectivity index (χ0) is 25.9. The van der Waals surface area contributed by atoms with Gasteiger partial charge in [0.25, 0.3) is 5.91 Å². The van der Waals surface area contributed by atoms with Gasteiger partial charge in [0.1, 0.15) is 5.54 Å². The Kier molecular flexibility index (Phi) is 8.72. The Morgan fingerprint density at radius 2 is 1.71 bits per heavy atom. The van der Waals surface area contributed by atoms with Gasteiger partial charge in [0.2, 0.25) is 10.0 Å². The Morgan fingerprint density at radius 1 is 1.12 bits per heavy atom. The van der Waals surface area contributed by atoms with E-state index in [2.05, 4.69) is 0 Å². The SMILES string of the molecule is CN(C)S(=O)(=O)CCCCCCCN1C(=S)N(c2ccc(C#N)c(C(F)(F)F)c2)C(=O)C1(C)C. The molecule has 12 heteroatoms. The highest BCUT2D eigenvalue weighted by molar-refractivity contribution is 7.89. The molecule has 2 rings (SSSR count). The van der Waals surface area contributed by atoms with E-state index in [1.165, 1.54) is 30.5 Å². The molecule has 0 spiro atoms. The zero-order valence-electron chi connectivity index (χ0n) is 19.6. The van der Waals surface area contributed by atoms with Gasteiger partial charge in [-0.1, -0.05) is 19.3 Å². The van der Waals surface area contributed by atoms with E-state index in [-0.39, 0.29) is 16.6 Å². The van der Waals surface area contributed by atoms with E-state index in [4.69, 9.17) is 17.5 Å². The van der Waals surface area contributed by atoms with Gasteiger partial charge in [0.15, 0.2) is 5.11 Å². The number of unbranched alkanes of at least 4 members (excludes halogenated alkanes) is 4. The van der Waals surface area contributed by atoms with Crippen molar-refractivity contribution in [2.24, 2.45) is 0 Å². The van der Waals surface area contributed by atoms with Crippen molar-refractivity contribution in [2.75, 3.05) is 31.3 Å². The number of anilines is 1. The van der Waals surface area contributed by atoms with E-state index in [1.54, 1.807) is 18.7 Å². The molecule has 1 fully saturated rings. The number of alkyl halides is 3. The molecule has 1 amide bonds. The van der Waals surface area contributed by atoms with Gasteiger partial charge in [-0.15, -0.1) is 0 Å². The number of carbonyl (C=O) groups is 1. The summed E-state index contributed by atoms with van der Waals surface area (Å²) in [6.07, 6.45) is -1.15. The molecular formula is C22H29F3N4O3S2. The van der Waals surface area contributed by atoms with E-state index in [0.29, 0.717) is 19.4 Å². The Labute approximate surface area is 204 Å². The molecule has 0 saturated carbocycles. The number of amides is 1. The number of nitrogens with zero attached hydrogens (tertiary/aromatic N) is 4. The summed E-state index contributed by atoms with van der Waals surface area (Å²) in [6, 6.07) is 4.64. The van der Waals surface area contributed by atoms with E-state index in [9.17, 15) is 26.4 Å². The Hall–Kier alpha value is -2.23. The number of nitriles is 1. The normalized spacial score (nSPS) is 16.4. The maximum Gasteiger partial charge on any atom is 0.417 e. The minimum Gasteiger partial charge on any atom is -0.334 e. The van der Waals surface area contributed by atoms with Gasteiger partial charge < -0.3 is 4.90 Å². The van der Waals surface area contributed by atoms with Gasteiger partial charge >= 0.3 is 6.18 Å². The lowest BCUT2D eigenvalue weighted by atomic mass is 10.0. The maximum atomic E-state index is 13.4. The van der Waals surface area contributed by atoms with Crippen LogP contribution in [0.3, 0.4) is 0 Å². The highest BCUT2D eigenvalue weighted by atomic mass is 32.2. The third kappa shape index (κ3) is 6.06. The van der Waals surface area contributed by atoms with Crippen LogP contribution in [0.15, 0.2) is 18.2 Å². The molecule has 0 bridgehead atoms. The first-order valence-corrected chi connectivity index (χ1v) is 12.8. The smallest absolute Gasteiger partial charge is 0.334 e. The predicted molar refractivity (Wildman–Crippen MR) is 128 cm³/mol. The summed E-state index contributed by atoms with van der Waals surface area (Å²) >= 11 is 5.47. The highest BCUT2D eigenvalue weighted by Crippen LogP contribution is 2.38. The molecule has 0 atom stereocenters. The first kappa shape index (κ1) is 28.0. The minimum absolute atomic E-state index is 0.0287. The van der Waals surface area contributed by atoms with Crippen LogP contribution < -0.4 is 4.90 Å². The number of halogens is 3. The predicted octanol–water partition coefficient (Wildman–Crippen LogP) is 4.13. The van der Waals surface area contributed by atoms with Crippen LogP contribution in [-0.2, 0) is 21.0 Å². The molecule has 0 aliphatic carbocycles. The maximum absolute atomic E-state index is 13.4. The number of benzene rings is 1. The molecular weight excluding hydrogens is 489 g/mol. The standard InChI is InChI=1S/C22H29F3N4O3S2/c1-21(2)19(30)29(17-11-10-16(15-26)18(14-17)22(23,24)25)20(33)28(21)12-8-6-5-7-9-13-34(31,32)27(3)4/h10-11,14H,5-9,12-13H2,1-4H3. The average molecular weight is 519 g/mol. The van der Waals surface area contributed by atoms with Crippen molar-refractivity contribution in [3.05, 3.63) is 29.3 Å². The minimum atomic E-state index is -4.74. The van der Waals surface area contributed by atoms with Crippen LogP contribution in [-0.4, -0.2) is 60.6 Å². The van der Waals surface area contributed by atoms with Gasteiger partial charge in [0.05, 0.1) is 28.6 Å². The number of thiocarbonyl (C=S) groups is 1. The number of sulfonamides is 1. The van der Waals surface area contributed by atoms with E-state index >= 15 is 0 Å². The number of hydrogen-bond acceptors (Lipinski definition) is 5. The summed E-state index contributed by atoms with van der Waals surface area (Å²) in [6.45, 7) is 3.77. The number of rotatable bonds is 10. The van der Waals surface area contributed by atoms with Crippen LogP contribution in [0, 0.1) is 11.3 Å². The molecule has 0 unspecified atom stereocenters. The molecule has 34 heavy (non-hydrogen) atoms. The first-order valence-electron chi connectivity index (χ1n) is 10.8. The van der Waals surface area contributed by atoms with Gasteiger partial charge in [-0.2, -0.15) is 18.4 Å². The average Bonchev–Trinajstić information content (AvgIpc) is 2.90. The largest absolute Gasteiger partial charge is 0.417 e. The Balaban J connectivity index is 2.04. The summed E-state index contributed by atoms with van der Waals surface area (Å²) in [5, 5.41) is 9.12. The molecule has 188 valence electrons. The number of hydrogen-bond donors (Lipinski definition) is 0. The van der Waals surface area contributed by atoms with Crippen molar-refractivity contribution in [3.63, 3.8) is 0 Å². The summed E-state index contributed by atoms with van der Waals surface area (Å²) < 4.78 is 64.9. The van der Waals surface area contributed by atoms with Crippen molar-refractivity contribution >= 4 is 38.9 Å². The molecule has 0 aromatic heterocycles. The Morgan fingerprint density at radius 3 is 2.26 bits per heavy atom. The fourth-order valence-corrected chi connectivity index (χ4v) is 5.15. The van der Waals surface area contributed by atoms with Gasteiger partial charge in [0, 0.05) is 20.6 Å². The monoisotopic (exact) mass is 518 g/mol. The Bertz CT molecular complexity index is 1080. The molecule has 0 radical (unpaired) electrons. The van der Waals surface area contributed by atoms with Gasteiger partial charge in [-0.3, -0.25) is 9.69 Å². The molecule has 1 aromatic rings. The summed E-state index contributed by atoms with van der Waals surface area (Å²) in [5.74, 6) is -0.346. The summed E-state index contributed by atoms with van der Waals surface area (Å²) in [5.41, 5.74) is -2.71. The summed E-state index contributed by atoms with van der Waals surface area (Å²) in [7, 11) is -0.201. The molecule has 0 N–H and O–H groups in total. The molecule has 7 nitrogen and oxygen atoms in total. The second kappa shape index (κ2) is 10.6. The van der Waals surface area contributed by atoms with Crippen molar-refractivity contribution < 1.29 is 26.4 Å². The third-order valence-electron chi connectivity index (χ3n) is 5.85. The molecule has 1 aromatic carbocycles. The van der Waals surface area contributed by atoms with Crippen molar-refractivity contribution in [2.45, 2.75) is 57.7 Å². The van der Waals surface area contributed by atoms with Crippen LogP contribution in [0.25, 0.3) is 0 Å². The van der Waals surface area contributed by atoms with Crippen molar-refractivity contribution in [1.29, 1.82) is 5.26 Å². The molecule has 1 aliphatic rings. The summed E-state index contributed by atoms with van der Waals surface area (Å²) in [4.78, 5) is 15.9. The molecule has 1 heterocycles. The van der Waals surface area contributed by atoms with Gasteiger partial charge in [-0.05, 0) is 57.1 Å². The quantitative estimate of drug-likeness (QED) is 0.342. The van der Waals surface area contributed by atoms with Crippen LogP contribution >= 0.6 is 12.2 Å².